The zero-order valence-electron chi connectivity index (χ0n) is 22.1. The fourth-order valence-electron chi connectivity index (χ4n) is 5.26. The van der Waals surface area contributed by atoms with Crippen LogP contribution in [0.3, 0.4) is 0 Å². The minimum atomic E-state index is -0.385. The average molecular weight is 591 g/mol. The fourth-order valence-corrected chi connectivity index (χ4v) is 6.64. The molecule has 3 heterocycles. The Hall–Kier alpha value is -3.66. The zero-order chi connectivity index (χ0) is 28.3. The molecule has 2 aliphatic rings. The van der Waals surface area contributed by atoms with Gasteiger partial charge in [-0.25, -0.2) is 9.07 Å². The van der Waals surface area contributed by atoms with Crippen LogP contribution in [-0.4, -0.2) is 53.1 Å². The number of anilines is 1. The third kappa shape index (κ3) is 5.88. The standard InChI is InChI=1S/C31H28ClFN4O3S/c32-22-9-4-8-21(16-22)30-28-29(20-6-2-1-3-7-20)35-37(24-13-11-23(33)12-14-24)31(28)36(27(39)19-41-30)18-26(38)34-17-25-10-5-15-40-25/h1-4,6-9,11-14,16,25,30H,5,10,15,17-19H2,(H,34,38)/t25-,30-/m1/s1. The number of amides is 2. The topological polar surface area (TPSA) is 76.5 Å². The van der Waals surface area contributed by atoms with E-state index >= 15 is 0 Å². The molecule has 0 spiro atoms. The average Bonchev–Trinajstić information content (AvgIpc) is 3.62. The largest absolute Gasteiger partial charge is 0.376 e. The van der Waals surface area contributed by atoms with Crippen LogP contribution in [0.4, 0.5) is 10.2 Å². The number of halogens is 2. The smallest absolute Gasteiger partial charge is 0.240 e. The Kier molecular flexibility index (Phi) is 8.09. The van der Waals surface area contributed by atoms with E-state index in [0.717, 1.165) is 29.5 Å². The second-order valence-corrected chi connectivity index (χ2v) is 11.5. The first-order valence-corrected chi connectivity index (χ1v) is 14.9. The summed E-state index contributed by atoms with van der Waals surface area (Å²) in [6, 6.07) is 23.2. The molecule has 0 saturated carbocycles. The number of thioether (sulfide) groups is 1. The van der Waals surface area contributed by atoms with Gasteiger partial charge < -0.3 is 10.1 Å². The lowest BCUT2D eigenvalue weighted by atomic mass is 9.99. The highest BCUT2D eigenvalue weighted by molar-refractivity contribution is 8.00. The van der Waals surface area contributed by atoms with Crippen LogP contribution in [0, 0.1) is 5.82 Å². The molecule has 0 radical (unpaired) electrons. The second kappa shape index (κ2) is 12.1. The highest BCUT2D eigenvalue weighted by Gasteiger charge is 2.38. The van der Waals surface area contributed by atoms with Gasteiger partial charge in [0.05, 0.1) is 28.5 Å². The number of rotatable bonds is 7. The third-order valence-electron chi connectivity index (χ3n) is 7.21. The van der Waals surface area contributed by atoms with Crippen LogP contribution >= 0.6 is 23.4 Å². The van der Waals surface area contributed by atoms with Gasteiger partial charge in [0.2, 0.25) is 11.8 Å². The zero-order valence-corrected chi connectivity index (χ0v) is 23.7. The van der Waals surface area contributed by atoms with Gasteiger partial charge in [-0.15, -0.1) is 11.8 Å². The molecular formula is C31H28ClFN4O3S. The number of fused-ring (bicyclic) bond motifs is 1. The fraction of sp³-hybridized carbons (Fsp3) is 0.258. The molecule has 0 bridgehead atoms. The molecule has 2 atom stereocenters. The predicted molar refractivity (Wildman–Crippen MR) is 159 cm³/mol. The molecule has 0 aliphatic carbocycles. The molecule has 0 unspecified atom stereocenters. The summed E-state index contributed by atoms with van der Waals surface area (Å²) in [4.78, 5) is 28.5. The molecule has 210 valence electrons. The van der Waals surface area contributed by atoms with Crippen molar-refractivity contribution >= 4 is 41.0 Å². The van der Waals surface area contributed by atoms with Crippen LogP contribution in [-0.2, 0) is 14.3 Å². The van der Waals surface area contributed by atoms with Gasteiger partial charge in [0.25, 0.3) is 0 Å². The van der Waals surface area contributed by atoms with E-state index in [9.17, 15) is 14.0 Å². The molecule has 2 amide bonds. The van der Waals surface area contributed by atoms with Crippen LogP contribution < -0.4 is 10.2 Å². The first-order chi connectivity index (χ1) is 20.0. The Morgan fingerprint density at radius 1 is 1.10 bits per heavy atom. The molecule has 41 heavy (non-hydrogen) atoms. The van der Waals surface area contributed by atoms with Crippen molar-refractivity contribution in [3.05, 3.63) is 101 Å². The van der Waals surface area contributed by atoms with Gasteiger partial charge in [-0.1, -0.05) is 54.1 Å². The maximum absolute atomic E-state index is 13.9. The molecule has 4 aromatic rings. The number of carbonyl (C=O) groups is 2. The highest BCUT2D eigenvalue weighted by atomic mass is 35.5. The predicted octanol–water partition coefficient (Wildman–Crippen LogP) is 5.80. The maximum atomic E-state index is 13.9. The summed E-state index contributed by atoms with van der Waals surface area (Å²) >= 11 is 7.88. The van der Waals surface area contributed by atoms with Gasteiger partial charge >= 0.3 is 0 Å². The molecule has 2 aliphatic heterocycles. The first-order valence-electron chi connectivity index (χ1n) is 13.5. The quantitative estimate of drug-likeness (QED) is 0.295. The number of carbonyl (C=O) groups excluding carboxylic acids is 2. The van der Waals surface area contributed by atoms with Crippen molar-refractivity contribution in [2.75, 3.05) is 30.3 Å². The van der Waals surface area contributed by atoms with Crippen molar-refractivity contribution in [3.63, 3.8) is 0 Å². The number of aromatic nitrogens is 2. The number of ether oxygens (including phenoxy) is 1. The van der Waals surface area contributed by atoms with E-state index in [1.807, 2.05) is 54.6 Å². The molecule has 7 nitrogen and oxygen atoms in total. The van der Waals surface area contributed by atoms with Gasteiger partial charge in [-0.3, -0.25) is 14.5 Å². The number of nitrogens with zero attached hydrogens (tertiary/aromatic N) is 3. The molecule has 6 rings (SSSR count). The Morgan fingerprint density at radius 3 is 2.63 bits per heavy atom. The Bertz CT molecular complexity index is 1560. The van der Waals surface area contributed by atoms with Crippen LogP contribution in [0.25, 0.3) is 16.9 Å². The van der Waals surface area contributed by atoms with Crippen molar-refractivity contribution in [1.29, 1.82) is 0 Å². The molecular weight excluding hydrogens is 563 g/mol. The lowest BCUT2D eigenvalue weighted by Gasteiger charge is -2.23. The Balaban J connectivity index is 1.51. The van der Waals surface area contributed by atoms with Gasteiger partial charge in [0.1, 0.15) is 18.2 Å². The summed E-state index contributed by atoms with van der Waals surface area (Å²) < 4.78 is 21.2. The summed E-state index contributed by atoms with van der Waals surface area (Å²) in [6.07, 6.45) is 1.84. The minimum absolute atomic E-state index is 0.0217. The van der Waals surface area contributed by atoms with Crippen molar-refractivity contribution < 1.29 is 18.7 Å². The molecule has 1 N–H and O–H groups in total. The maximum Gasteiger partial charge on any atom is 0.240 e. The molecule has 1 saturated heterocycles. The summed E-state index contributed by atoms with van der Waals surface area (Å²) in [5.41, 5.74) is 3.79. The molecule has 1 fully saturated rings. The monoisotopic (exact) mass is 590 g/mol. The summed E-state index contributed by atoms with van der Waals surface area (Å²) in [5.74, 6) is -0.287. The second-order valence-electron chi connectivity index (χ2n) is 10.0. The van der Waals surface area contributed by atoms with Crippen molar-refractivity contribution in [1.82, 2.24) is 15.1 Å². The minimum Gasteiger partial charge on any atom is -0.376 e. The van der Waals surface area contributed by atoms with E-state index in [1.165, 1.54) is 28.8 Å². The van der Waals surface area contributed by atoms with E-state index in [1.54, 1.807) is 16.8 Å². The van der Waals surface area contributed by atoms with E-state index < -0.39 is 0 Å². The third-order valence-corrected chi connectivity index (χ3v) is 8.70. The lowest BCUT2D eigenvalue weighted by molar-refractivity contribution is -0.123. The summed E-state index contributed by atoms with van der Waals surface area (Å²) in [7, 11) is 0. The molecule has 1 aromatic heterocycles. The van der Waals surface area contributed by atoms with Crippen LogP contribution in [0.1, 0.15) is 29.2 Å². The normalized spacial score (nSPS) is 18.7. The van der Waals surface area contributed by atoms with Crippen LogP contribution in [0.15, 0.2) is 78.9 Å². The number of benzene rings is 3. The number of nitrogens with one attached hydrogen (secondary N) is 1. The van der Waals surface area contributed by atoms with Crippen molar-refractivity contribution in [2.45, 2.75) is 24.2 Å². The van der Waals surface area contributed by atoms with Gasteiger partial charge in [0, 0.05) is 29.3 Å². The van der Waals surface area contributed by atoms with Crippen molar-refractivity contribution in [3.8, 4) is 16.9 Å². The van der Waals surface area contributed by atoms with Gasteiger partial charge in [-0.05, 0) is 54.8 Å². The number of hydrogen-bond donors (Lipinski definition) is 1. The Morgan fingerprint density at radius 2 is 1.90 bits per heavy atom. The van der Waals surface area contributed by atoms with Crippen LogP contribution in [0.2, 0.25) is 5.02 Å². The van der Waals surface area contributed by atoms with Crippen molar-refractivity contribution in [2.24, 2.45) is 0 Å². The SMILES string of the molecule is O=C(CN1C(=O)CS[C@H](c2cccc(Cl)c2)c2c(-c3ccccc3)nn(-c3ccc(F)cc3)c21)NC[C@H]1CCCO1. The lowest BCUT2D eigenvalue weighted by Crippen LogP contribution is -2.44. The van der Waals surface area contributed by atoms with Gasteiger partial charge in [0.15, 0.2) is 0 Å². The van der Waals surface area contributed by atoms with E-state index in [0.29, 0.717) is 35.4 Å². The first kappa shape index (κ1) is 27.5. The molecule has 10 heteroatoms. The molecule has 3 aromatic carbocycles. The van der Waals surface area contributed by atoms with Crippen LogP contribution in [0.5, 0.6) is 0 Å². The summed E-state index contributed by atoms with van der Waals surface area (Å²) in [6.45, 7) is 0.887. The number of hydrogen-bond acceptors (Lipinski definition) is 5. The van der Waals surface area contributed by atoms with E-state index in [4.69, 9.17) is 21.4 Å². The highest BCUT2D eigenvalue weighted by Crippen LogP contribution is 2.48. The van der Waals surface area contributed by atoms with E-state index in [2.05, 4.69) is 5.32 Å². The van der Waals surface area contributed by atoms with Gasteiger partial charge in [-0.2, -0.15) is 5.10 Å². The Labute approximate surface area is 246 Å². The van der Waals surface area contributed by atoms with E-state index in [-0.39, 0.29) is 41.3 Å². The summed E-state index contributed by atoms with van der Waals surface area (Å²) in [5, 5.41) is 8.22.